The number of fused-ring (bicyclic) bond motifs is 1. The second-order valence-corrected chi connectivity index (χ2v) is 8.17. The molecule has 124 valence electrons. The predicted octanol–water partition coefficient (Wildman–Crippen LogP) is 1.44. The van der Waals surface area contributed by atoms with Gasteiger partial charge in [-0.05, 0) is 11.6 Å². The van der Waals surface area contributed by atoms with Crippen molar-refractivity contribution in [3.63, 3.8) is 0 Å². The quantitative estimate of drug-likeness (QED) is 0.729. The van der Waals surface area contributed by atoms with Gasteiger partial charge in [-0.15, -0.1) is 0 Å². The van der Waals surface area contributed by atoms with Crippen molar-refractivity contribution in [1.29, 1.82) is 0 Å². The Labute approximate surface area is 139 Å². The van der Waals surface area contributed by atoms with Crippen molar-refractivity contribution in [3.05, 3.63) is 36.4 Å². The zero-order valence-corrected chi connectivity index (χ0v) is 13.8. The number of rotatable bonds is 2. The van der Waals surface area contributed by atoms with Crippen LogP contribution in [0.5, 0.6) is 0 Å². The van der Waals surface area contributed by atoms with Gasteiger partial charge in [-0.1, -0.05) is 30.3 Å². The number of nitrogens with one attached hydrogen (secondary N) is 1. The van der Waals surface area contributed by atoms with Gasteiger partial charge in [0.2, 0.25) is 0 Å². The number of hydrogen-bond acceptors (Lipinski definition) is 6. The van der Waals surface area contributed by atoms with E-state index in [0.29, 0.717) is 24.6 Å². The molecule has 3 heterocycles. The molecule has 0 amide bonds. The average Bonchev–Trinajstić information content (AvgIpc) is 2.96. The van der Waals surface area contributed by atoms with Crippen LogP contribution >= 0.6 is 0 Å². The van der Waals surface area contributed by atoms with Gasteiger partial charge in [0, 0.05) is 18.7 Å². The molecule has 0 aliphatic carbocycles. The molecule has 4 rings (SSSR count). The molecule has 1 fully saturated rings. The van der Waals surface area contributed by atoms with Crippen LogP contribution in [0.1, 0.15) is 0 Å². The third-order valence-corrected chi connectivity index (χ3v) is 5.90. The number of aromatic amines is 1. The molecule has 0 saturated carbocycles. The van der Waals surface area contributed by atoms with Crippen LogP contribution in [0.25, 0.3) is 22.2 Å². The zero-order valence-electron chi connectivity index (χ0n) is 12.9. The molecule has 0 radical (unpaired) electrons. The third kappa shape index (κ3) is 2.58. The summed E-state index contributed by atoms with van der Waals surface area (Å²) >= 11 is 0. The first-order chi connectivity index (χ1) is 11.5. The maximum atomic E-state index is 11.7. The fourth-order valence-electron chi connectivity index (χ4n) is 2.98. The van der Waals surface area contributed by atoms with Crippen LogP contribution in [0, 0.1) is 0 Å². The maximum absolute atomic E-state index is 11.7. The minimum atomic E-state index is -2.94. The number of pyridine rings is 1. The highest BCUT2D eigenvalue weighted by molar-refractivity contribution is 7.91. The molecule has 1 aromatic carbocycles. The highest BCUT2D eigenvalue weighted by Crippen LogP contribution is 2.33. The lowest BCUT2D eigenvalue weighted by molar-refractivity contribution is 0.586. The molecule has 1 aliphatic rings. The third-order valence-electron chi connectivity index (χ3n) is 4.29. The van der Waals surface area contributed by atoms with Gasteiger partial charge in [0.15, 0.2) is 15.5 Å². The van der Waals surface area contributed by atoms with E-state index in [0.717, 1.165) is 22.3 Å². The minimum Gasteiger partial charge on any atom is -0.383 e. The molecule has 0 atom stereocenters. The van der Waals surface area contributed by atoms with E-state index >= 15 is 0 Å². The fourth-order valence-corrected chi connectivity index (χ4v) is 4.18. The lowest BCUT2D eigenvalue weighted by Gasteiger charge is -2.28. The van der Waals surface area contributed by atoms with Crippen LogP contribution in [0.3, 0.4) is 0 Å². The number of H-pyrrole nitrogens is 1. The Morgan fingerprint density at radius 1 is 1.12 bits per heavy atom. The molecule has 0 bridgehead atoms. The normalized spacial score (nSPS) is 17.2. The highest BCUT2D eigenvalue weighted by Gasteiger charge is 2.24. The number of nitrogen functional groups attached to an aromatic ring is 1. The van der Waals surface area contributed by atoms with Gasteiger partial charge < -0.3 is 10.6 Å². The Bertz CT molecular complexity index is 984. The average molecular weight is 343 g/mol. The zero-order chi connectivity index (χ0) is 16.7. The smallest absolute Gasteiger partial charge is 0.185 e. The molecule has 2 aromatic heterocycles. The molecule has 3 N–H and O–H groups in total. The van der Waals surface area contributed by atoms with E-state index in [2.05, 4.69) is 15.2 Å². The number of benzene rings is 1. The topological polar surface area (TPSA) is 105 Å². The summed E-state index contributed by atoms with van der Waals surface area (Å²) in [7, 11) is -2.94. The SMILES string of the molecule is Nc1[nH]nc2nc(N3CCS(=O)(=O)CC3)cc(-c3ccccc3)c12. The molecule has 24 heavy (non-hydrogen) atoms. The lowest BCUT2D eigenvalue weighted by atomic mass is 10.0. The molecular formula is C16H17N5O2S. The Hall–Kier alpha value is -2.61. The van der Waals surface area contributed by atoms with Crippen molar-refractivity contribution in [2.45, 2.75) is 0 Å². The van der Waals surface area contributed by atoms with Gasteiger partial charge in [-0.2, -0.15) is 5.10 Å². The number of aromatic nitrogens is 3. The number of anilines is 2. The molecule has 0 spiro atoms. The molecule has 0 unspecified atom stereocenters. The van der Waals surface area contributed by atoms with E-state index in [-0.39, 0.29) is 11.5 Å². The second-order valence-electron chi connectivity index (χ2n) is 5.87. The lowest BCUT2D eigenvalue weighted by Crippen LogP contribution is -2.40. The Morgan fingerprint density at radius 3 is 2.54 bits per heavy atom. The van der Waals surface area contributed by atoms with Gasteiger partial charge in [0.1, 0.15) is 11.6 Å². The molecule has 1 saturated heterocycles. The van der Waals surface area contributed by atoms with Crippen LogP contribution in [0.15, 0.2) is 36.4 Å². The van der Waals surface area contributed by atoms with Gasteiger partial charge in [-0.3, -0.25) is 5.10 Å². The molecular weight excluding hydrogens is 326 g/mol. The van der Waals surface area contributed by atoms with E-state index in [9.17, 15) is 8.42 Å². The van der Waals surface area contributed by atoms with Crippen LogP contribution < -0.4 is 10.6 Å². The summed E-state index contributed by atoms with van der Waals surface area (Å²) in [5, 5.41) is 7.75. The summed E-state index contributed by atoms with van der Waals surface area (Å²) in [4.78, 5) is 6.55. The summed E-state index contributed by atoms with van der Waals surface area (Å²) in [6.07, 6.45) is 0. The second kappa shape index (κ2) is 5.48. The molecule has 7 nitrogen and oxygen atoms in total. The van der Waals surface area contributed by atoms with Gasteiger partial charge in [-0.25, -0.2) is 13.4 Å². The monoisotopic (exact) mass is 343 g/mol. The van der Waals surface area contributed by atoms with Crippen molar-refractivity contribution in [3.8, 4) is 11.1 Å². The minimum absolute atomic E-state index is 0.149. The van der Waals surface area contributed by atoms with E-state index < -0.39 is 9.84 Å². The van der Waals surface area contributed by atoms with E-state index in [4.69, 9.17) is 5.73 Å². The van der Waals surface area contributed by atoms with Crippen LogP contribution in [-0.2, 0) is 9.84 Å². The van der Waals surface area contributed by atoms with Crippen molar-refractivity contribution in [2.75, 3.05) is 35.2 Å². The standard InChI is InChI=1S/C16H17N5O2S/c17-15-14-12(11-4-2-1-3-5-11)10-13(18-16(14)20-19-15)21-6-8-24(22,23)9-7-21/h1-5,10H,6-9H2,(H3,17,18,19,20). The van der Waals surface area contributed by atoms with E-state index in [1.165, 1.54) is 0 Å². The number of hydrogen-bond donors (Lipinski definition) is 2. The van der Waals surface area contributed by atoms with Gasteiger partial charge in [0.05, 0.1) is 16.9 Å². The first-order valence-corrected chi connectivity index (χ1v) is 9.51. The highest BCUT2D eigenvalue weighted by atomic mass is 32.2. The van der Waals surface area contributed by atoms with Crippen LogP contribution in [0.4, 0.5) is 11.6 Å². The molecule has 1 aliphatic heterocycles. The van der Waals surface area contributed by atoms with Crippen molar-refractivity contribution in [2.24, 2.45) is 0 Å². The van der Waals surface area contributed by atoms with E-state index in [1.54, 1.807) is 0 Å². The Balaban J connectivity index is 1.84. The maximum Gasteiger partial charge on any atom is 0.185 e. The van der Waals surface area contributed by atoms with Crippen LogP contribution in [-0.4, -0.2) is 48.2 Å². The summed E-state index contributed by atoms with van der Waals surface area (Å²) < 4.78 is 23.3. The predicted molar refractivity (Wildman–Crippen MR) is 94.6 cm³/mol. The molecule has 8 heteroatoms. The summed E-state index contributed by atoms with van der Waals surface area (Å²) in [6, 6.07) is 11.9. The van der Waals surface area contributed by atoms with Gasteiger partial charge >= 0.3 is 0 Å². The van der Waals surface area contributed by atoms with Crippen molar-refractivity contribution >= 4 is 32.5 Å². The first-order valence-electron chi connectivity index (χ1n) is 7.69. The van der Waals surface area contributed by atoms with Crippen LogP contribution in [0.2, 0.25) is 0 Å². The van der Waals surface area contributed by atoms with Gasteiger partial charge in [0.25, 0.3) is 0 Å². The van der Waals surface area contributed by atoms with E-state index in [1.807, 2.05) is 41.3 Å². The largest absolute Gasteiger partial charge is 0.383 e. The Kier molecular flexibility index (Phi) is 3.42. The number of nitrogens with two attached hydrogens (primary N) is 1. The van der Waals surface area contributed by atoms with Crippen molar-refractivity contribution in [1.82, 2.24) is 15.2 Å². The summed E-state index contributed by atoms with van der Waals surface area (Å²) in [6.45, 7) is 0.879. The number of sulfone groups is 1. The molecule has 3 aromatic rings. The Morgan fingerprint density at radius 2 is 1.83 bits per heavy atom. The fraction of sp³-hybridized carbons (Fsp3) is 0.250. The van der Waals surface area contributed by atoms with Crippen molar-refractivity contribution < 1.29 is 8.42 Å². The summed E-state index contributed by atoms with van der Waals surface area (Å²) in [5.41, 5.74) is 8.52. The number of nitrogens with zero attached hydrogens (tertiary/aromatic N) is 3. The summed E-state index contributed by atoms with van der Waals surface area (Å²) in [5.74, 6) is 1.50. The first kappa shape index (κ1) is 14.9.